The Labute approximate surface area is 107 Å². The summed E-state index contributed by atoms with van der Waals surface area (Å²) in [5.41, 5.74) is 0.653. The summed E-state index contributed by atoms with van der Waals surface area (Å²) < 4.78 is 18.8. The highest BCUT2D eigenvalue weighted by Gasteiger charge is 2.14. The predicted molar refractivity (Wildman–Crippen MR) is 68.9 cm³/mol. The lowest BCUT2D eigenvalue weighted by Gasteiger charge is -2.19. The van der Waals surface area contributed by atoms with E-state index in [1.54, 1.807) is 19.2 Å². The average molecular weight is 260 g/mol. The Kier molecular flexibility index (Phi) is 6.48. The monoisotopic (exact) mass is 259 g/mol. The van der Waals surface area contributed by atoms with Crippen molar-refractivity contribution in [2.45, 2.75) is 25.8 Å². The smallest absolute Gasteiger partial charge is 0.129 e. The van der Waals surface area contributed by atoms with Crippen LogP contribution >= 0.6 is 11.6 Å². The molecule has 1 unspecified atom stereocenters. The van der Waals surface area contributed by atoms with Gasteiger partial charge in [0.25, 0.3) is 0 Å². The van der Waals surface area contributed by atoms with E-state index in [0.29, 0.717) is 17.2 Å². The molecule has 96 valence electrons. The van der Waals surface area contributed by atoms with Crippen LogP contribution in [0.15, 0.2) is 18.2 Å². The Morgan fingerprint density at radius 3 is 2.82 bits per heavy atom. The Morgan fingerprint density at radius 1 is 1.47 bits per heavy atom. The number of benzene rings is 1. The molecule has 17 heavy (non-hydrogen) atoms. The molecule has 0 spiro atoms. The van der Waals surface area contributed by atoms with Crippen molar-refractivity contribution in [3.63, 3.8) is 0 Å². The van der Waals surface area contributed by atoms with Gasteiger partial charge in [0.1, 0.15) is 5.82 Å². The Bertz CT molecular complexity index is 338. The van der Waals surface area contributed by atoms with Gasteiger partial charge in [-0.25, -0.2) is 4.39 Å². The average Bonchev–Trinajstić information content (AvgIpc) is 2.30. The summed E-state index contributed by atoms with van der Waals surface area (Å²) in [6.07, 6.45) is 1.76. The van der Waals surface area contributed by atoms with E-state index in [1.165, 1.54) is 6.07 Å². The molecule has 0 fully saturated rings. The second kappa shape index (κ2) is 7.64. The minimum absolute atomic E-state index is 0.0211. The molecule has 0 saturated heterocycles. The highest BCUT2D eigenvalue weighted by molar-refractivity contribution is 6.30. The van der Waals surface area contributed by atoms with E-state index < -0.39 is 0 Å². The third kappa shape index (κ3) is 4.62. The molecule has 0 bridgehead atoms. The molecule has 1 atom stereocenters. The van der Waals surface area contributed by atoms with Crippen LogP contribution < -0.4 is 5.32 Å². The molecule has 0 aromatic heterocycles. The summed E-state index contributed by atoms with van der Waals surface area (Å²) in [6.45, 7) is 3.54. The largest absolute Gasteiger partial charge is 0.385 e. The SMILES string of the molecule is CCCNC(CCOC)c1ccc(Cl)cc1F. The molecule has 0 saturated carbocycles. The van der Waals surface area contributed by atoms with Crippen LogP contribution in [-0.4, -0.2) is 20.3 Å². The molecule has 2 nitrogen and oxygen atoms in total. The first-order chi connectivity index (χ1) is 8.19. The predicted octanol–water partition coefficient (Wildman–Crippen LogP) is 3.56. The van der Waals surface area contributed by atoms with Crippen molar-refractivity contribution >= 4 is 11.6 Å². The number of nitrogens with one attached hydrogen (secondary N) is 1. The molecule has 0 aliphatic rings. The molecule has 1 aromatic rings. The van der Waals surface area contributed by atoms with E-state index in [4.69, 9.17) is 16.3 Å². The second-order valence-electron chi connectivity index (χ2n) is 3.95. The molecule has 0 aliphatic carbocycles. The maximum atomic E-state index is 13.8. The molecule has 0 radical (unpaired) electrons. The summed E-state index contributed by atoms with van der Waals surface area (Å²) >= 11 is 5.75. The Morgan fingerprint density at radius 2 is 2.24 bits per heavy atom. The first-order valence-electron chi connectivity index (χ1n) is 5.86. The van der Waals surface area contributed by atoms with Crippen LogP contribution in [0.1, 0.15) is 31.4 Å². The highest BCUT2D eigenvalue weighted by atomic mass is 35.5. The standard InChI is InChI=1S/C13H19ClFNO/c1-3-7-16-13(6-8-17-2)11-5-4-10(14)9-12(11)15/h4-5,9,13,16H,3,6-8H2,1-2H3. The van der Waals surface area contributed by atoms with Crippen LogP contribution in [0.4, 0.5) is 4.39 Å². The number of rotatable bonds is 7. The van der Waals surface area contributed by atoms with Gasteiger partial charge in [-0.3, -0.25) is 0 Å². The zero-order valence-corrected chi connectivity index (χ0v) is 11.1. The normalized spacial score (nSPS) is 12.7. The van der Waals surface area contributed by atoms with Crippen molar-refractivity contribution in [1.29, 1.82) is 0 Å². The van der Waals surface area contributed by atoms with E-state index >= 15 is 0 Å². The van der Waals surface area contributed by atoms with Crippen molar-refractivity contribution in [2.75, 3.05) is 20.3 Å². The molecular formula is C13H19ClFNO. The third-order valence-corrected chi connectivity index (χ3v) is 2.82. The van der Waals surface area contributed by atoms with Crippen LogP contribution in [0.25, 0.3) is 0 Å². The van der Waals surface area contributed by atoms with Crippen molar-refractivity contribution in [3.8, 4) is 0 Å². The Hall–Kier alpha value is -0.640. The van der Waals surface area contributed by atoms with Gasteiger partial charge in [0, 0.05) is 30.3 Å². The number of hydrogen-bond donors (Lipinski definition) is 1. The molecule has 1 N–H and O–H groups in total. The second-order valence-corrected chi connectivity index (χ2v) is 4.39. The van der Waals surface area contributed by atoms with Gasteiger partial charge < -0.3 is 10.1 Å². The summed E-state index contributed by atoms with van der Waals surface area (Å²) in [5.74, 6) is -0.262. The summed E-state index contributed by atoms with van der Waals surface area (Å²) in [7, 11) is 1.65. The molecule has 0 amide bonds. The van der Waals surface area contributed by atoms with E-state index in [-0.39, 0.29) is 11.9 Å². The van der Waals surface area contributed by atoms with Gasteiger partial charge in [0.05, 0.1) is 0 Å². The van der Waals surface area contributed by atoms with Crippen molar-refractivity contribution in [1.82, 2.24) is 5.32 Å². The Balaban J connectivity index is 2.79. The first-order valence-corrected chi connectivity index (χ1v) is 6.24. The van der Waals surface area contributed by atoms with Gasteiger partial charge in [0.15, 0.2) is 0 Å². The zero-order valence-electron chi connectivity index (χ0n) is 10.3. The van der Waals surface area contributed by atoms with Crippen LogP contribution in [0.2, 0.25) is 5.02 Å². The quantitative estimate of drug-likeness (QED) is 0.809. The van der Waals surface area contributed by atoms with E-state index in [9.17, 15) is 4.39 Å². The summed E-state index contributed by atoms with van der Waals surface area (Å²) in [6, 6.07) is 4.78. The van der Waals surface area contributed by atoms with Crippen molar-refractivity contribution < 1.29 is 9.13 Å². The van der Waals surface area contributed by atoms with Gasteiger partial charge in [0.2, 0.25) is 0 Å². The molecule has 0 aliphatic heterocycles. The maximum Gasteiger partial charge on any atom is 0.129 e. The number of ether oxygens (including phenoxy) is 1. The topological polar surface area (TPSA) is 21.3 Å². The maximum absolute atomic E-state index is 13.8. The van der Waals surface area contributed by atoms with Crippen molar-refractivity contribution in [2.24, 2.45) is 0 Å². The van der Waals surface area contributed by atoms with Crippen LogP contribution in [0.5, 0.6) is 0 Å². The van der Waals surface area contributed by atoms with Gasteiger partial charge >= 0.3 is 0 Å². The fourth-order valence-electron chi connectivity index (χ4n) is 1.71. The third-order valence-electron chi connectivity index (χ3n) is 2.59. The number of methoxy groups -OCH3 is 1. The molecule has 1 aromatic carbocycles. The van der Waals surface area contributed by atoms with Crippen LogP contribution in [0.3, 0.4) is 0 Å². The van der Waals surface area contributed by atoms with Gasteiger partial charge in [-0.2, -0.15) is 0 Å². The fourth-order valence-corrected chi connectivity index (χ4v) is 1.86. The minimum atomic E-state index is -0.262. The highest BCUT2D eigenvalue weighted by Crippen LogP contribution is 2.23. The lowest BCUT2D eigenvalue weighted by molar-refractivity contribution is 0.182. The number of hydrogen-bond acceptors (Lipinski definition) is 2. The van der Waals surface area contributed by atoms with Crippen molar-refractivity contribution in [3.05, 3.63) is 34.6 Å². The molecule has 1 rings (SSSR count). The fraction of sp³-hybridized carbons (Fsp3) is 0.538. The van der Waals surface area contributed by atoms with Crippen LogP contribution in [0, 0.1) is 5.82 Å². The number of halogens is 2. The van der Waals surface area contributed by atoms with Gasteiger partial charge in [-0.15, -0.1) is 0 Å². The minimum Gasteiger partial charge on any atom is -0.385 e. The van der Waals surface area contributed by atoms with Gasteiger partial charge in [-0.05, 0) is 31.5 Å². The summed E-state index contributed by atoms with van der Waals surface area (Å²) in [5, 5.41) is 3.74. The van der Waals surface area contributed by atoms with Gasteiger partial charge in [-0.1, -0.05) is 24.6 Å². The lowest BCUT2D eigenvalue weighted by atomic mass is 10.0. The van der Waals surface area contributed by atoms with E-state index in [1.807, 2.05) is 0 Å². The molecule has 0 heterocycles. The van der Waals surface area contributed by atoms with E-state index in [2.05, 4.69) is 12.2 Å². The molecule has 4 heteroatoms. The summed E-state index contributed by atoms with van der Waals surface area (Å²) in [4.78, 5) is 0. The lowest BCUT2D eigenvalue weighted by Crippen LogP contribution is -2.24. The van der Waals surface area contributed by atoms with E-state index in [0.717, 1.165) is 19.4 Å². The van der Waals surface area contributed by atoms with Crippen LogP contribution in [-0.2, 0) is 4.74 Å². The first kappa shape index (κ1) is 14.4. The zero-order chi connectivity index (χ0) is 12.7. The molecular weight excluding hydrogens is 241 g/mol.